The number of anilines is 1. The van der Waals surface area contributed by atoms with Gasteiger partial charge in [-0.05, 0) is 66.2 Å². The van der Waals surface area contributed by atoms with Gasteiger partial charge in [0.1, 0.15) is 5.54 Å². The first kappa shape index (κ1) is 14.6. The van der Waals surface area contributed by atoms with Gasteiger partial charge in [0.15, 0.2) is 0 Å². The fraction of sp³-hybridized carbons (Fsp3) is 0.500. The van der Waals surface area contributed by atoms with E-state index >= 15 is 0 Å². The number of hydrogen-bond donors (Lipinski definition) is 1. The minimum absolute atomic E-state index is 0.000373. The maximum atomic E-state index is 13.0. The maximum absolute atomic E-state index is 13.0. The number of halogens is 1. The van der Waals surface area contributed by atoms with Crippen molar-refractivity contribution in [2.45, 2.75) is 38.6 Å². The van der Waals surface area contributed by atoms with E-state index in [-0.39, 0.29) is 17.7 Å². The molecule has 4 nitrogen and oxygen atoms in total. The van der Waals surface area contributed by atoms with Gasteiger partial charge in [-0.2, -0.15) is 0 Å². The Hall–Kier alpha value is -1.36. The Kier molecular flexibility index (Phi) is 3.56. The lowest BCUT2D eigenvalue weighted by Crippen LogP contribution is -2.57. The van der Waals surface area contributed by atoms with Gasteiger partial charge in [0, 0.05) is 17.4 Å². The van der Waals surface area contributed by atoms with Gasteiger partial charge in [-0.1, -0.05) is 6.07 Å². The quantitative estimate of drug-likeness (QED) is 0.891. The van der Waals surface area contributed by atoms with Crippen molar-refractivity contribution in [3.05, 3.63) is 28.2 Å². The zero-order chi connectivity index (χ0) is 15.2. The number of carbonyl (C=O) groups is 2. The molecule has 1 aliphatic carbocycles. The molecule has 0 bridgehead atoms. The standard InChI is InChI=1S/C16H19BrN2O2/c1-10-3-6-13(12(17)9-10)19-8-7-14(20)18-16(2,15(19)21)11-4-5-11/h3,6,9,11H,4-5,7-8H2,1-2H3,(H,18,20). The molecule has 3 rings (SSSR count). The van der Waals surface area contributed by atoms with Crippen LogP contribution in [0.2, 0.25) is 0 Å². The summed E-state index contributed by atoms with van der Waals surface area (Å²) >= 11 is 3.54. The highest BCUT2D eigenvalue weighted by atomic mass is 79.9. The van der Waals surface area contributed by atoms with E-state index in [2.05, 4.69) is 21.2 Å². The Morgan fingerprint density at radius 1 is 1.33 bits per heavy atom. The van der Waals surface area contributed by atoms with Crippen LogP contribution in [0.5, 0.6) is 0 Å². The first-order chi connectivity index (χ1) is 9.91. The molecule has 1 N–H and O–H groups in total. The van der Waals surface area contributed by atoms with Crippen LogP contribution in [0.4, 0.5) is 5.69 Å². The van der Waals surface area contributed by atoms with Crippen molar-refractivity contribution >= 4 is 33.4 Å². The summed E-state index contributed by atoms with van der Waals surface area (Å²) in [4.78, 5) is 26.8. The molecule has 2 aliphatic rings. The number of benzene rings is 1. The molecule has 1 saturated heterocycles. The minimum atomic E-state index is -0.766. The van der Waals surface area contributed by atoms with Crippen LogP contribution in [-0.2, 0) is 9.59 Å². The Balaban J connectivity index is 2.00. The predicted octanol–water partition coefficient (Wildman–Crippen LogP) is 2.78. The van der Waals surface area contributed by atoms with Crippen molar-refractivity contribution < 1.29 is 9.59 Å². The molecule has 0 aromatic heterocycles. The molecule has 0 radical (unpaired) electrons. The molecule has 1 saturated carbocycles. The van der Waals surface area contributed by atoms with E-state index in [4.69, 9.17) is 0 Å². The van der Waals surface area contributed by atoms with Crippen molar-refractivity contribution in [3.8, 4) is 0 Å². The molecule has 0 spiro atoms. The highest BCUT2D eigenvalue weighted by Crippen LogP contribution is 2.42. The average Bonchev–Trinajstić information content (AvgIpc) is 3.24. The highest BCUT2D eigenvalue weighted by Gasteiger charge is 2.51. The molecule has 1 aromatic rings. The van der Waals surface area contributed by atoms with Crippen molar-refractivity contribution in [3.63, 3.8) is 0 Å². The van der Waals surface area contributed by atoms with Gasteiger partial charge in [0.05, 0.1) is 5.69 Å². The number of amides is 2. The molecule has 1 aliphatic heterocycles. The molecule has 1 aromatic carbocycles. The average molecular weight is 351 g/mol. The monoisotopic (exact) mass is 350 g/mol. The first-order valence-corrected chi connectivity index (χ1v) is 8.10. The third-order valence-corrected chi connectivity index (χ3v) is 5.07. The van der Waals surface area contributed by atoms with Gasteiger partial charge in [-0.15, -0.1) is 0 Å². The fourth-order valence-corrected chi connectivity index (χ4v) is 3.71. The number of aryl methyl sites for hydroxylation is 1. The third kappa shape index (κ3) is 2.59. The van der Waals surface area contributed by atoms with E-state index in [1.54, 1.807) is 4.90 Å². The molecular weight excluding hydrogens is 332 g/mol. The van der Waals surface area contributed by atoms with Crippen LogP contribution in [0.25, 0.3) is 0 Å². The van der Waals surface area contributed by atoms with Crippen molar-refractivity contribution in [2.75, 3.05) is 11.4 Å². The van der Waals surface area contributed by atoms with Crippen LogP contribution >= 0.6 is 15.9 Å². The molecule has 2 fully saturated rings. The second-order valence-corrected chi connectivity index (χ2v) is 7.04. The van der Waals surface area contributed by atoms with E-state index in [0.717, 1.165) is 28.6 Å². The van der Waals surface area contributed by atoms with Crippen LogP contribution in [-0.4, -0.2) is 23.9 Å². The summed E-state index contributed by atoms with van der Waals surface area (Å²) in [5.74, 6) is 0.225. The van der Waals surface area contributed by atoms with Crippen LogP contribution in [0.15, 0.2) is 22.7 Å². The smallest absolute Gasteiger partial charge is 0.252 e. The molecule has 21 heavy (non-hydrogen) atoms. The summed E-state index contributed by atoms with van der Waals surface area (Å²) < 4.78 is 0.892. The summed E-state index contributed by atoms with van der Waals surface area (Å²) in [7, 11) is 0. The summed E-state index contributed by atoms with van der Waals surface area (Å²) in [6.07, 6.45) is 2.35. The van der Waals surface area contributed by atoms with Gasteiger partial charge in [0.2, 0.25) is 5.91 Å². The lowest BCUT2D eigenvalue weighted by atomic mass is 9.94. The summed E-state index contributed by atoms with van der Waals surface area (Å²) in [6.45, 7) is 4.30. The van der Waals surface area contributed by atoms with Crippen molar-refractivity contribution in [1.29, 1.82) is 0 Å². The third-order valence-electron chi connectivity index (χ3n) is 4.44. The number of nitrogens with zero attached hydrogens (tertiary/aromatic N) is 1. The molecule has 1 heterocycles. The van der Waals surface area contributed by atoms with Gasteiger partial charge in [0.25, 0.3) is 5.91 Å². The topological polar surface area (TPSA) is 49.4 Å². The van der Waals surface area contributed by atoms with Crippen molar-refractivity contribution in [2.24, 2.45) is 5.92 Å². The molecule has 2 amide bonds. The largest absolute Gasteiger partial charge is 0.342 e. The van der Waals surface area contributed by atoms with E-state index in [1.165, 1.54) is 0 Å². The number of rotatable bonds is 2. The first-order valence-electron chi connectivity index (χ1n) is 7.31. The van der Waals surface area contributed by atoms with E-state index in [1.807, 2.05) is 32.0 Å². The highest BCUT2D eigenvalue weighted by molar-refractivity contribution is 9.10. The van der Waals surface area contributed by atoms with Crippen LogP contribution in [0.3, 0.4) is 0 Å². The second-order valence-electron chi connectivity index (χ2n) is 6.19. The van der Waals surface area contributed by atoms with Crippen LogP contribution < -0.4 is 10.2 Å². The second kappa shape index (κ2) is 5.13. The molecule has 5 heteroatoms. The van der Waals surface area contributed by atoms with Gasteiger partial charge < -0.3 is 10.2 Å². The van der Waals surface area contributed by atoms with Gasteiger partial charge in [-0.3, -0.25) is 9.59 Å². The molecule has 1 unspecified atom stereocenters. The minimum Gasteiger partial charge on any atom is -0.342 e. The van der Waals surface area contributed by atoms with Crippen LogP contribution in [0.1, 0.15) is 31.7 Å². The number of hydrogen-bond acceptors (Lipinski definition) is 2. The Bertz CT molecular complexity index is 612. The number of carbonyl (C=O) groups excluding carboxylic acids is 2. The SMILES string of the molecule is Cc1ccc(N2CCC(=O)NC(C)(C3CC3)C2=O)c(Br)c1. The summed E-state index contributed by atoms with van der Waals surface area (Å²) in [5, 5.41) is 2.95. The lowest BCUT2D eigenvalue weighted by Gasteiger charge is -2.32. The van der Waals surface area contributed by atoms with Gasteiger partial charge in [-0.25, -0.2) is 0 Å². The lowest BCUT2D eigenvalue weighted by molar-refractivity contribution is -0.130. The van der Waals surface area contributed by atoms with Gasteiger partial charge >= 0.3 is 0 Å². The van der Waals surface area contributed by atoms with Crippen LogP contribution in [0, 0.1) is 12.8 Å². The van der Waals surface area contributed by atoms with E-state index in [9.17, 15) is 9.59 Å². The zero-order valence-corrected chi connectivity index (χ0v) is 13.9. The molecular formula is C16H19BrN2O2. The summed E-state index contributed by atoms with van der Waals surface area (Å²) in [5.41, 5.74) is 1.21. The predicted molar refractivity (Wildman–Crippen MR) is 85.1 cm³/mol. The zero-order valence-electron chi connectivity index (χ0n) is 12.3. The number of nitrogens with one attached hydrogen (secondary N) is 1. The molecule has 112 valence electrons. The Morgan fingerprint density at radius 3 is 2.67 bits per heavy atom. The molecule has 1 atom stereocenters. The normalized spacial score (nSPS) is 26.5. The van der Waals surface area contributed by atoms with E-state index < -0.39 is 5.54 Å². The Morgan fingerprint density at radius 2 is 2.05 bits per heavy atom. The summed E-state index contributed by atoms with van der Waals surface area (Å²) in [6, 6.07) is 5.93. The fourth-order valence-electron chi connectivity index (χ4n) is 3.00. The maximum Gasteiger partial charge on any atom is 0.252 e. The van der Waals surface area contributed by atoms with E-state index in [0.29, 0.717) is 13.0 Å². The van der Waals surface area contributed by atoms with Crippen molar-refractivity contribution in [1.82, 2.24) is 5.32 Å². The Labute approximate surface area is 133 Å².